The van der Waals surface area contributed by atoms with Crippen LogP contribution in [0.5, 0.6) is 0 Å². The molecule has 2 aliphatic carbocycles. The quantitative estimate of drug-likeness (QED) is 0.805. The summed E-state index contributed by atoms with van der Waals surface area (Å²) in [7, 11) is 0. The summed E-state index contributed by atoms with van der Waals surface area (Å²) >= 11 is 0. The van der Waals surface area contributed by atoms with E-state index < -0.39 is 17.3 Å². The van der Waals surface area contributed by atoms with Crippen molar-refractivity contribution in [2.24, 2.45) is 23.2 Å². The molecule has 2 aliphatic rings. The van der Waals surface area contributed by atoms with Crippen LogP contribution < -0.4 is 5.32 Å². The van der Waals surface area contributed by atoms with Crippen molar-refractivity contribution in [3.05, 3.63) is 0 Å². The van der Waals surface area contributed by atoms with Gasteiger partial charge >= 0.3 is 5.97 Å². The molecule has 18 heavy (non-hydrogen) atoms. The van der Waals surface area contributed by atoms with E-state index >= 15 is 0 Å². The van der Waals surface area contributed by atoms with E-state index in [1.807, 2.05) is 20.8 Å². The Morgan fingerprint density at radius 2 is 1.78 bits per heavy atom. The summed E-state index contributed by atoms with van der Waals surface area (Å²) in [6.07, 6.45) is 4.85. The summed E-state index contributed by atoms with van der Waals surface area (Å²) in [6.45, 7) is 5.76. The lowest BCUT2D eigenvalue weighted by molar-refractivity contribution is -0.140. The third-order valence-electron chi connectivity index (χ3n) is 4.85. The van der Waals surface area contributed by atoms with Crippen LogP contribution in [-0.4, -0.2) is 23.0 Å². The van der Waals surface area contributed by atoms with E-state index in [-0.39, 0.29) is 17.9 Å². The Morgan fingerprint density at radius 3 is 2.22 bits per heavy atom. The first-order valence-corrected chi connectivity index (χ1v) is 6.89. The smallest absolute Gasteiger partial charge is 0.307 e. The Balaban J connectivity index is 1.91. The molecule has 2 rings (SSSR count). The molecule has 0 aliphatic heterocycles. The number of rotatable bonds is 4. The predicted octanol–water partition coefficient (Wildman–Crippen LogP) is 2.04. The molecule has 3 atom stereocenters. The molecular weight excluding hydrogens is 230 g/mol. The van der Waals surface area contributed by atoms with Crippen molar-refractivity contribution in [3.8, 4) is 0 Å². The fourth-order valence-corrected chi connectivity index (χ4v) is 3.48. The van der Waals surface area contributed by atoms with Crippen LogP contribution >= 0.6 is 0 Å². The third-order valence-corrected chi connectivity index (χ3v) is 4.85. The van der Waals surface area contributed by atoms with E-state index in [0.717, 1.165) is 0 Å². The van der Waals surface area contributed by atoms with Gasteiger partial charge in [0.15, 0.2) is 0 Å². The van der Waals surface area contributed by atoms with Gasteiger partial charge < -0.3 is 10.4 Å². The highest BCUT2D eigenvalue weighted by Crippen LogP contribution is 2.58. The number of hydrogen-bond acceptors (Lipinski definition) is 2. The molecule has 0 aromatic rings. The number of nitrogens with one attached hydrogen (secondary N) is 1. The Hall–Kier alpha value is -1.06. The minimum absolute atomic E-state index is 0.0770. The van der Waals surface area contributed by atoms with E-state index in [1.165, 1.54) is 25.7 Å². The van der Waals surface area contributed by atoms with Crippen LogP contribution in [-0.2, 0) is 9.59 Å². The summed E-state index contributed by atoms with van der Waals surface area (Å²) in [4.78, 5) is 23.2. The van der Waals surface area contributed by atoms with Crippen molar-refractivity contribution in [3.63, 3.8) is 0 Å². The maximum absolute atomic E-state index is 12.1. The molecule has 2 N–H and O–H groups in total. The summed E-state index contributed by atoms with van der Waals surface area (Å²) in [5.74, 6) is -1.24. The molecule has 1 amide bonds. The molecule has 2 saturated carbocycles. The van der Waals surface area contributed by atoms with Crippen LogP contribution in [0.4, 0.5) is 0 Å². The van der Waals surface area contributed by atoms with Crippen LogP contribution in [0.2, 0.25) is 0 Å². The van der Waals surface area contributed by atoms with Crippen molar-refractivity contribution in [2.75, 3.05) is 0 Å². The highest BCUT2D eigenvalue weighted by molar-refractivity contribution is 5.91. The molecule has 0 saturated heterocycles. The van der Waals surface area contributed by atoms with Gasteiger partial charge in [-0.15, -0.1) is 0 Å². The molecule has 0 radical (unpaired) electrons. The van der Waals surface area contributed by atoms with Gasteiger partial charge in [-0.05, 0) is 31.1 Å². The Labute approximate surface area is 108 Å². The van der Waals surface area contributed by atoms with Gasteiger partial charge in [0.05, 0.1) is 11.8 Å². The zero-order chi connectivity index (χ0) is 13.5. The van der Waals surface area contributed by atoms with Crippen molar-refractivity contribution in [2.45, 2.75) is 52.5 Å². The molecule has 2 fully saturated rings. The van der Waals surface area contributed by atoms with Crippen molar-refractivity contribution in [1.29, 1.82) is 0 Å². The summed E-state index contributed by atoms with van der Waals surface area (Å²) in [5.41, 5.74) is -0.398. The van der Waals surface area contributed by atoms with Crippen molar-refractivity contribution in [1.82, 2.24) is 5.32 Å². The average Bonchev–Trinajstić information content (AvgIpc) is 2.67. The lowest BCUT2D eigenvalue weighted by Gasteiger charge is -2.20. The molecule has 0 bridgehead atoms. The Kier molecular flexibility index (Phi) is 3.39. The molecule has 0 aromatic heterocycles. The van der Waals surface area contributed by atoms with E-state index in [9.17, 15) is 9.59 Å². The van der Waals surface area contributed by atoms with Crippen LogP contribution in [0.15, 0.2) is 0 Å². The minimum atomic E-state index is -0.853. The molecule has 102 valence electrons. The van der Waals surface area contributed by atoms with Crippen molar-refractivity contribution >= 4 is 11.9 Å². The SMILES string of the molecule is CC(NC(=O)C1C(C(=O)O)C1(C)C)C1CCCC1. The number of carbonyl (C=O) groups excluding carboxylic acids is 1. The number of carboxylic acids is 1. The van der Waals surface area contributed by atoms with Gasteiger partial charge in [-0.25, -0.2) is 0 Å². The lowest BCUT2D eigenvalue weighted by Crippen LogP contribution is -2.39. The topological polar surface area (TPSA) is 66.4 Å². The minimum Gasteiger partial charge on any atom is -0.481 e. The first-order valence-electron chi connectivity index (χ1n) is 6.89. The second-order valence-corrected chi connectivity index (χ2v) is 6.46. The summed E-state index contributed by atoms with van der Waals surface area (Å²) in [6, 6.07) is 0.172. The number of carbonyl (C=O) groups is 2. The zero-order valence-corrected chi connectivity index (χ0v) is 11.4. The Morgan fingerprint density at radius 1 is 1.22 bits per heavy atom. The Bertz CT molecular complexity index is 358. The summed E-state index contributed by atoms with van der Waals surface area (Å²) in [5, 5.41) is 12.1. The molecule has 0 heterocycles. The highest BCUT2D eigenvalue weighted by Gasteiger charge is 2.65. The van der Waals surface area contributed by atoms with Gasteiger partial charge in [0.25, 0.3) is 0 Å². The zero-order valence-electron chi connectivity index (χ0n) is 11.4. The second-order valence-electron chi connectivity index (χ2n) is 6.46. The van der Waals surface area contributed by atoms with E-state index in [4.69, 9.17) is 5.11 Å². The maximum Gasteiger partial charge on any atom is 0.307 e. The van der Waals surface area contributed by atoms with Crippen LogP contribution in [0.3, 0.4) is 0 Å². The van der Waals surface area contributed by atoms with Crippen LogP contribution in [0.25, 0.3) is 0 Å². The second kappa shape index (κ2) is 4.56. The standard InChI is InChI=1S/C14H23NO3/c1-8(9-6-4-5-7-9)15-12(16)10-11(13(17)18)14(10,2)3/h8-11H,4-7H2,1-3H3,(H,15,16)(H,17,18). The van der Waals surface area contributed by atoms with Crippen LogP contribution in [0.1, 0.15) is 46.5 Å². The van der Waals surface area contributed by atoms with Gasteiger partial charge in [-0.2, -0.15) is 0 Å². The van der Waals surface area contributed by atoms with Gasteiger partial charge in [-0.3, -0.25) is 9.59 Å². The molecule has 0 spiro atoms. The molecule has 0 aromatic carbocycles. The molecule has 4 heteroatoms. The van der Waals surface area contributed by atoms with E-state index in [1.54, 1.807) is 0 Å². The maximum atomic E-state index is 12.1. The first-order chi connectivity index (χ1) is 8.35. The largest absolute Gasteiger partial charge is 0.481 e. The molecule has 4 nitrogen and oxygen atoms in total. The summed E-state index contributed by atoms with van der Waals surface area (Å²) < 4.78 is 0. The van der Waals surface area contributed by atoms with E-state index in [0.29, 0.717) is 5.92 Å². The number of carboxylic acid groups (broad SMARTS) is 1. The monoisotopic (exact) mass is 253 g/mol. The number of aliphatic carboxylic acids is 1. The fourth-order valence-electron chi connectivity index (χ4n) is 3.48. The van der Waals surface area contributed by atoms with Gasteiger partial charge in [0.1, 0.15) is 0 Å². The predicted molar refractivity (Wildman–Crippen MR) is 68.0 cm³/mol. The normalized spacial score (nSPS) is 31.9. The lowest BCUT2D eigenvalue weighted by atomic mass is 9.99. The van der Waals surface area contributed by atoms with Gasteiger partial charge in [-0.1, -0.05) is 26.7 Å². The number of amides is 1. The molecular formula is C14H23NO3. The molecule has 3 unspecified atom stereocenters. The highest BCUT2D eigenvalue weighted by atomic mass is 16.4. The van der Waals surface area contributed by atoms with E-state index in [2.05, 4.69) is 5.32 Å². The number of hydrogen-bond donors (Lipinski definition) is 2. The van der Waals surface area contributed by atoms with Crippen LogP contribution in [0, 0.1) is 23.2 Å². The average molecular weight is 253 g/mol. The van der Waals surface area contributed by atoms with Gasteiger partial charge in [0, 0.05) is 6.04 Å². The van der Waals surface area contributed by atoms with Gasteiger partial charge in [0.2, 0.25) is 5.91 Å². The van der Waals surface area contributed by atoms with Crippen molar-refractivity contribution < 1.29 is 14.7 Å². The first kappa shape index (κ1) is 13.4. The fraction of sp³-hybridized carbons (Fsp3) is 0.857. The third kappa shape index (κ3) is 2.25.